The lowest BCUT2D eigenvalue weighted by Crippen LogP contribution is -2.30. The summed E-state index contributed by atoms with van der Waals surface area (Å²) in [6.45, 7) is 13.7. The van der Waals surface area contributed by atoms with Crippen LogP contribution >= 0.6 is 0 Å². The minimum atomic E-state index is -0.763. The molecule has 0 saturated carbocycles. The van der Waals surface area contributed by atoms with Gasteiger partial charge in [-0.3, -0.25) is 14.4 Å². The highest BCUT2D eigenvalue weighted by atomic mass is 16.6. The maximum absolute atomic E-state index is 12.8. The summed E-state index contributed by atoms with van der Waals surface area (Å²) in [5.41, 5.74) is 0. The van der Waals surface area contributed by atoms with Crippen LogP contribution in [0.4, 0.5) is 0 Å². The highest BCUT2D eigenvalue weighted by Crippen LogP contribution is 2.18. The Morgan fingerprint density at radius 1 is 0.339 bits per heavy atom. The van der Waals surface area contributed by atoms with Crippen molar-refractivity contribution in [3.8, 4) is 0 Å². The van der Waals surface area contributed by atoms with E-state index in [9.17, 15) is 14.4 Å². The van der Waals surface area contributed by atoms with E-state index in [1.165, 1.54) is 167 Å². The van der Waals surface area contributed by atoms with E-state index in [4.69, 9.17) is 14.2 Å². The normalized spacial score (nSPS) is 12.6. The molecule has 0 radical (unpaired) electrons. The van der Waals surface area contributed by atoms with E-state index < -0.39 is 6.10 Å². The molecule has 6 nitrogen and oxygen atoms in total. The Hall–Kier alpha value is -1.59. The van der Waals surface area contributed by atoms with Crippen LogP contribution in [0.3, 0.4) is 0 Å². The molecule has 0 bridgehead atoms. The summed E-state index contributed by atoms with van der Waals surface area (Å²) in [7, 11) is 0. The summed E-state index contributed by atoms with van der Waals surface area (Å²) in [5, 5.41) is 0. The van der Waals surface area contributed by atoms with Crippen molar-refractivity contribution in [1.82, 2.24) is 0 Å². The molecule has 2 atom stereocenters. The van der Waals surface area contributed by atoms with Gasteiger partial charge < -0.3 is 14.2 Å². The third-order valence-corrected chi connectivity index (χ3v) is 12.3. The van der Waals surface area contributed by atoms with E-state index in [1.54, 1.807) is 0 Å². The topological polar surface area (TPSA) is 78.9 Å². The number of esters is 3. The van der Waals surface area contributed by atoms with Gasteiger partial charge in [0, 0.05) is 19.3 Å². The highest BCUT2D eigenvalue weighted by Gasteiger charge is 2.19. The zero-order valence-corrected chi connectivity index (χ0v) is 40.5. The number of unbranched alkanes of at least 4 members (excludes halogenated alkanes) is 28. The summed E-state index contributed by atoms with van der Waals surface area (Å²) in [5.74, 6) is 1.64. The molecule has 59 heavy (non-hydrogen) atoms. The molecular weight excluding hydrogens is 733 g/mol. The fourth-order valence-corrected chi connectivity index (χ4v) is 7.91. The number of carbonyl (C=O) groups is 3. The average molecular weight is 835 g/mol. The molecule has 0 spiro atoms. The Labute approximate surface area is 368 Å². The van der Waals surface area contributed by atoms with Gasteiger partial charge in [0.1, 0.15) is 13.2 Å². The van der Waals surface area contributed by atoms with E-state index in [0.29, 0.717) is 19.3 Å². The van der Waals surface area contributed by atoms with Crippen LogP contribution < -0.4 is 0 Å². The van der Waals surface area contributed by atoms with Crippen molar-refractivity contribution < 1.29 is 28.6 Å². The molecule has 0 aromatic rings. The first-order chi connectivity index (χ1) is 28.6. The quantitative estimate of drug-likeness (QED) is 0.0345. The van der Waals surface area contributed by atoms with Gasteiger partial charge in [-0.05, 0) is 37.0 Å². The van der Waals surface area contributed by atoms with Gasteiger partial charge >= 0.3 is 17.9 Å². The second-order valence-corrected chi connectivity index (χ2v) is 19.4. The smallest absolute Gasteiger partial charge is 0.306 e. The fourth-order valence-electron chi connectivity index (χ4n) is 7.91. The molecule has 0 saturated heterocycles. The van der Waals surface area contributed by atoms with Crippen molar-refractivity contribution >= 4 is 17.9 Å². The number of rotatable bonds is 46. The SMILES string of the molecule is CCC(C)CCCCCCCCCCCCC(=O)O[C@@H](COC(=O)CCCCCCCCCCCCCCCCC(C)C)COC(=O)CCCCCCCCCC(C)C. The van der Waals surface area contributed by atoms with Gasteiger partial charge in [-0.15, -0.1) is 0 Å². The Bertz CT molecular complexity index is 916. The molecule has 0 aliphatic carbocycles. The lowest BCUT2D eigenvalue weighted by molar-refractivity contribution is -0.167. The van der Waals surface area contributed by atoms with Crippen LogP contribution in [0.2, 0.25) is 0 Å². The Morgan fingerprint density at radius 3 is 0.881 bits per heavy atom. The number of ether oxygens (including phenoxy) is 3. The van der Waals surface area contributed by atoms with Crippen molar-refractivity contribution in [3.05, 3.63) is 0 Å². The fraction of sp³-hybridized carbons (Fsp3) is 0.943. The second kappa shape index (κ2) is 44.5. The molecule has 0 aromatic heterocycles. The largest absolute Gasteiger partial charge is 0.462 e. The van der Waals surface area contributed by atoms with Gasteiger partial charge in [0.25, 0.3) is 0 Å². The molecule has 6 heteroatoms. The average Bonchev–Trinajstić information content (AvgIpc) is 3.20. The van der Waals surface area contributed by atoms with Crippen LogP contribution in [0.5, 0.6) is 0 Å². The molecule has 0 aliphatic rings. The van der Waals surface area contributed by atoms with Gasteiger partial charge in [0.05, 0.1) is 0 Å². The number of hydrogen-bond donors (Lipinski definition) is 0. The van der Waals surface area contributed by atoms with Crippen LogP contribution in [0, 0.1) is 17.8 Å². The van der Waals surface area contributed by atoms with Crippen molar-refractivity contribution in [3.63, 3.8) is 0 Å². The van der Waals surface area contributed by atoms with E-state index >= 15 is 0 Å². The first-order valence-corrected chi connectivity index (χ1v) is 26.1. The van der Waals surface area contributed by atoms with Gasteiger partial charge in [-0.1, -0.05) is 247 Å². The third kappa shape index (κ3) is 45.8. The summed E-state index contributed by atoms with van der Waals surface area (Å²) in [4.78, 5) is 37.9. The summed E-state index contributed by atoms with van der Waals surface area (Å²) in [6, 6.07) is 0. The zero-order chi connectivity index (χ0) is 43.4. The van der Waals surface area contributed by atoms with Crippen molar-refractivity contribution in [1.29, 1.82) is 0 Å². The number of carbonyl (C=O) groups excluding carboxylic acids is 3. The van der Waals surface area contributed by atoms with Gasteiger partial charge in [-0.2, -0.15) is 0 Å². The molecule has 350 valence electrons. The van der Waals surface area contributed by atoms with Gasteiger partial charge in [-0.25, -0.2) is 0 Å². The predicted octanol–water partition coefficient (Wildman–Crippen LogP) is 16.8. The Balaban J connectivity index is 4.29. The van der Waals surface area contributed by atoms with E-state index in [0.717, 1.165) is 75.5 Å². The van der Waals surface area contributed by atoms with Gasteiger partial charge in [0.15, 0.2) is 6.10 Å². The molecule has 0 aliphatic heterocycles. The van der Waals surface area contributed by atoms with Crippen LogP contribution in [0.25, 0.3) is 0 Å². The first-order valence-electron chi connectivity index (χ1n) is 26.1. The van der Waals surface area contributed by atoms with Crippen LogP contribution in [-0.4, -0.2) is 37.2 Å². The van der Waals surface area contributed by atoms with Crippen molar-refractivity contribution in [2.75, 3.05) is 13.2 Å². The number of hydrogen-bond acceptors (Lipinski definition) is 6. The molecule has 0 fully saturated rings. The molecule has 1 unspecified atom stereocenters. The third-order valence-electron chi connectivity index (χ3n) is 12.3. The maximum Gasteiger partial charge on any atom is 0.306 e. The van der Waals surface area contributed by atoms with Crippen LogP contribution in [0.1, 0.15) is 286 Å². The summed E-state index contributed by atoms with van der Waals surface area (Å²) < 4.78 is 16.8. The molecular formula is C53H102O6. The summed E-state index contributed by atoms with van der Waals surface area (Å²) in [6.07, 6.45) is 43.8. The van der Waals surface area contributed by atoms with E-state index in [2.05, 4.69) is 41.5 Å². The Morgan fingerprint density at radius 2 is 0.593 bits per heavy atom. The van der Waals surface area contributed by atoms with E-state index in [1.807, 2.05) is 0 Å². The van der Waals surface area contributed by atoms with Crippen molar-refractivity contribution in [2.45, 2.75) is 292 Å². The highest BCUT2D eigenvalue weighted by molar-refractivity contribution is 5.71. The lowest BCUT2D eigenvalue weighted by atomic mass is 9.99. The van der Waals surface area contributed by atoms with Crippen molar-refractivity contribution in [2.24, 2.45) is 17.8 Å². The monoisotopic (exact) mass is 835 g/mol. The van der Waals surface area contributed by atoms with Crippen LogP contribution in [-0.2, 0) is 28.6 Å². The summed E-state index contributed by atoms with van der Waals surface area (Å²) >= 11 is 0. The molecule has 0 rings (SSSR count). The predicted molar refractivity (Wildman–Crippen MR) is 252 cm³/mol. The van der Waals surface area contributed by atoms with Gasteiger partial charge in [0.2, 0.25) is 0 Å². The molecule has 0 heterocycles. The molecule has 0 N–H and O–H groups in total. The Kier molecular flexibility index (Phi) is 43.3. The minimum Gasteiger partial charge on any atom is -0.462 e. The standard InChI is InChI=1S/C53H102O6/c1-7-49(6)41-35-29-23-17-14-15-19-25-32-38-44-53(56)59-50(46-58-52(55)43-37-31-26-20-22-28-34-40-48(4)5)45-57-51(54)42-36-30-24-18-13-11-9-8-10-12-16-21-27-33-39-47(2)3/h47-50H,7-46H2,1-6H3/t49?,50-/m0/s1. The van der Waals surface area contributed by atoms with Crippen LogP contribution in [0.15, 0.2) is 0 Å². The van der Waals surface area contributed by atoms with E-state index in [-0.39, 0.29) is 31.1 Å². The molecule has 0 aromatic carbocycles. The second-order valence-electron chi connectivity index (χ2n) is 19.4. The minimum absolute atomic E-state index is 0.0651. The molecule has 0 amide bonds. The zero-order valence-electron chi connectivity index (χ0n) is 40.5. The first kappa shape index (κ1) is 57.4. The maximum atomic E-state index is 12.8. The lowest BCUT2D eigenvalue weighted by Gasteiger charge is -2.18.